The summed E-state index contributed by atoms with van der Waals surface area (Å²) in [4.78, 5) is 11.4. The van der Waals surface area contributed by atoms with E-state index in [1.54, 1.807) is 7.11 Å². The van der Waals surface area contributed by atoms with Crippen LogP contribution in [0.5, 0.6) is 0 Å². The lowest BCUT2D eigenvalue weighted by molar-refractivity contribution is -0.142. The van der Waals surface area contributed by atoms with Gasteiger partial charge in [0.1, 0.15) is 0 Å². The highest BCUT2D eigenvalue weighted by Gasteiger charge is 2.28. The number of hydrogen-bond donors (Lipinski definition) is 1. The standard InChI is InChI=1S/C15H30N2O3/c1-11(9-15(18)20-5)12(2)13(3)16-17-8-6-7-14(17)10-19-4/h11-14,16H,6-10H2,1-5H3/t11-,12-,13-,14-/m0/s1. The highest BCUT2D eigenvalue weighted by Crippen LogP contribution is 2.22. The molecule has 1 fully saturated rings. The van der Waals surface area contributed by atoms with Crippen molar-refractivity contribution in [2.75, 3.05) is 27.4 Å². The lowest BCUT2D eigenvalue weighted by Crippen LogP contribution is -2.50. The van der Waals surface area contributed by atoms with Crippen LogP contribution in [-0.2, 0) is 14.3 Å². The lowest BCUT2D eigenvalue weighted by atomic mass is 9.88. The van der Waals surface area contributed by atoms with E-state index in [-0.39, 0.29) is 5.97 Å². The summed E-state index contributed by atoms with van der Waals surface area (Å²) in [6.07, 6.45) is 2.87. The summed E-state index contributed by atoms with van der Waals surface area (Å²) >= 11 is 0. The Balaban J connectivity index is 2.44. The summed E-state index contributed by atoms with van der Waals surface area (Å²) in [6, 6.07) is 0.790. The maximum Gasteiger partial charge on any atom is 0.305 e. The molecule has 5 heteroatoms. The average molecular weight is 286 g/mol. The third-order valence-corrected chi connectivity index (χ3v) is 4.51. The average Bonchev–Trinajstić information content (AvgIpc) is 2.85. The molecule has 0 radical (unpaired) electrons. The summed E-state index contributed by atoms with van der Waals surface area (Å²) in [5.74, 6) is 0.571. The quantitative estimate of drug-likeness (QED) is 0.690. The molecule has 1 rings (SSSR count). The molecule has 1 aliphatic rings. The van der Waals surface area contributed by atoms with E-state index in [1.165, 1.54) is 20.0 Å². The molecule has 1 heterocycles. The first-order valence-corrected chi connectivity index (χ1v) is 7.58. The smallest absolute Gasteiger partial charge is 0.305 e. The molecule has 0 bridgehead atoms. The van der Waals surface area contributed by atoms with Gasteiger partial charge in [0.15, 0.2) is 0 Å². The number of nitrogens with zero attached hydrogens (tertiary/aromatic N) is 1. The van der Waals surface area contributed by atoms with Gasteiger partial charge in [-0.25, -0.2) is 5.01 Å². The van der Waals surface area contributed by atoms with E-state index < -0.39 is 0 Å². The van der Waals surface area contributed by atoms with Crippen LogP contribution in [0.25, 0.3) is 0 Å². The van der Waals surface area contributed by atoms with Crippen molar-refractivity contribution in [2.24, 2.45) is 11.8 Å². The fraction of sp³-hybridized carbons (Fsp3) is 0.933. The highest BCUT2D eigenvalue weighted by molar-refractivity contribution is 5.69. The number of esters is 1. The second kappa shape index (κ2) is 8.60. The SMILES string of the molecule is COC[C@@H]1CCCN1N[C@@H](C)[C@@H](C)[C@@H](C)CC(=O)OC. The molecular formula is C15H30N2O3. The Kier molecular flexibility index (Phi) is 7.48. The number of carbonyl (C=O) groups excluding carboxylic acids is 1. The Morgan fingerprint density at radius 3 is 2.65 bits per heavy atom. The molecule has 0 amide bonds. The van der Waals surface area contributed by atoms with Crippen molar-refractivity contribution in [3.05, 3.63) is 0 Å². The molecule has 0 saturated carbocycles. The van der Waals surface area contributed by atoms with Crippen LogP contribution in [0.2, 0.25) is 0 Å². The maximum atomic E-state index is 11.4. The topological polar surface area (TPSA) is 50.8 Å². The van der Waals surface area contributed by atoms with Gasteiger partial charge in [0.2, 0.25) is 0 Å². The van der Waals surface area contributed by atoms with Crippen molar-refractivity contribution >= 4 is 5.97 Å². The van der Waals surface area contributed by atoms with Crippen molar-refractivity contribution < 1.29 is 14.3 Å². The summed E-state index contributed by atoms with van der Waals surface area (Å²) in [5, 5.41) is 2.30. The largest absolute Gasteiger partial charge is 0.469 e. The van der Waals surface area contributed by atoms with Crippen LogP contribution >= 0.6 is 0 Å². The molecule has 1 N–H and O–H groups in total. The molecule has 0 aliphatic carbocycles. The number of nitrogens with one attached hydrogen (secondary N) is 1. The molecule has 0 unspecified atom stereocenters. The van der Waals surface area contributed by atoms with Crippen molar-refractivity contribution in [3.63, 3.8) is 0 Å². The number of carbonyl (C=O) groups is 1. The van der Waals surface area contributed by atoms with Crippen LogP contribution in [0.4, 0.5) is 0 Å². The summed E-state index contributed by atoms with van der Waals surface area (Å²) in [6.45, 7) is 8.31. The normalized spacial score (nSPS) is 24.4. The maximum absolute atomic E-state index is 11.4. The zero-order chi connectivity index (χ0) is 15.1. The molecule has 0 aromatic carbocycles. The van der Waals surface area contributed by atoms with Crippen molar-refractivity contribution in [2.45, 2.75) is 52.1 Å². The molecule has 4 atom stereocenters. The first-order valence-electron chi connectivity index (χ1n) is 7.58. The molecule has 0 aromatic rings. The van der Waals surface area contributed by atoms with Crippen molar-refractivity contribution in [1.29, 1.82) is 0 Å². The van der Waals surface area contributed by atoms with Crippen LogP contribution in [0.15, 0.2) is 0 Å². The van der Waals surface area contributed by atoms with Crippen LogP contribution in [-0.4, -0.2) is 50.4 Å². The minimum Gasteiger partial charge on any atom is -0.469 e. The highest BCUT2D eigenvalue weighted by atomic mass is 16.5. The van der Waals surface area contributed by atoms with Gasteiger partial charge in [-0.2, -0.15) is 0 Å². The Labute approximate surface area is 123 Å². The van der Waals surface area contributed by atoms with Gasteiger partial charge in [0.05, 0.1) is 13.7 Å². The molecule has 0 aromatic heterocycles. The minimum absolute atomic E-state index is 0.130. The van der Waals surface area contributed by atoms with Crippen LogP contribution in [0.1, 0.15) is 40.0 Å². The molecule has 5 nitrogen and oxygen atoms in total. The summed E-state index contributed by atoms with van der Waals surface area (Å²) in [7, 11) is 3.20. The predicted molar refractivity (Wildman–Crippen MR) is 79.2 cm³/mol. The monoisotopic (exact) mass is 286 g/mol. The Morgan fingerprint density at radius 2 is 2.05 bits per heavy atom. The van der Waals surface area contributed by atoms with E-state index in [0.29, 0.717) is 30.3 Å². The third kappa shape index (κ3) is 5.04. The molecule has 0 spiro atoms. The number of rotatable bonds is 8. The second-order valence-electron chi connectivity index (χ2n) is 5.98. The van der Waals surface area contributed by atoms with Gasteiger partial charge in [0.25, 0.3) is 0 Å². The van der Waals surface area contributed by atoms with E-state index >= 15 is 0 Å². The number of methoxy groups -OCH3 is 2. The predicted octanol–water partition coefficient (Wildman–Crippen LogP) is 1.83. The molecule has 20 heavy (non-hydrogen) atoms. The molecular weight excluding hydrogens is 256 g/mol. The Hall–Kier alpha value is -0.650. The van der Waals surface area contributed by atoms with E-state index in [1.807, 2.05) is 0 Å². The lowest BCUT2D eigenvalue weighted by Gasteiger charge is -2.33. The first kappa shape index (κ1) is 17.4. The molecule has 1 aliphatic heterocycles. The molecule has 1 saturated heterocycles. The van der Waals surface area contributed by atoms with Gasteiger partial charge < -0.3 is 9.47 Å². The Morgan fingerprint density at radius 1 is 1.35 bits per heavy atom. The van der Waals surface area contributed by atoms with Gasteiger partial charge in [-0.1, -0.05) is 13.8 Å². The van der Waals surface area contributed by atoms with Gasteiger partial charge in [-0.05, 0) is 31.6 Å². The molecule has 118 valence electrons. The summed E-state index contributed by atoms with van der Waals surface area (Å²) < 4.78 is 10.0. The van der Waals surface area contributed by atoms with E-state index in [9.17, 15) is 4.79 Å². The number of hydrazine groups is 1. The zero-order valence-corrected chi connectivity index (χ0v) is 13.5. The van der Waals surface area contributed by atoms with Crippen LogP contribution in [0, 0.1) is 11.8 Å². The van der Waals surface area contributed by atoms with Gasteiger partial charge in [-0.3, -0.25) is 10.2 Å². The van der Waals surface area contributed by atoms with Gasteiger partial charge in [0, 0.05) is 32.2 Å². The summed E-state index contributed by atoms with van der Waals surface area (Å²) in [5.41, 5.74) is 3.59. The fourth-order valence-electron chi connectivity index (χ4n) is 2.78. The van der Waals surface area contributed by atoms with Gasteiger partial charge in [-0.15, -0.1) is 0 Å². The van der Waals surface area contributed by atoms with Crippen LogP contribution in [0.3, 0.4) is 0 Å². The van der Waals surface area contributed by atoms with Crippen molar-refractivity contribution in [3.8, 4) is 0 Å². The zero-order valence-electron chi connectivity index (χ0n) is 13.5. The third-order valence-electron chi connectivity index (χ3n) is 4.51. The minimum atomic E-state index is -0.130. The van der Waals surface area contributed by atoms with E-state index in [0.717, 1.165) is 13.2 Å². The van der Waals surface area contributed by atoms with Crippen molar-refractivity contribution in [1.82, 2.24) is 10.4 Å². The van der Waals surface area contributed by atoms with Gasteiger partial charge >= 0.3 is 5.97 Å². The van der Waals surface area contributed by atoms with Crippen LogP contribution < -0.4 is 5.43 Å². The number of ether oxygens (including phenoxy) is 2. The number of hydrogen-bond acceptors (Lipinski definition) is 5. The second-order valence-corrected chi connectivity index (χ2v) is 5.98. The van der Waals surface area contributed by atoms with E-state index in [2.05, 4.69) is 31.2 Å². The first-order chi connectivity index (χ1) is 9.49. The van der Waals surface area contributed by atoms with E-state index in [4.69, 9.17) is 9.47 Å². The fourth-order valence-corrected chi connectivity index (χ4v) is 2.78. The Bertz CT molecular complexity index is 299.